The van der Waals surface area contributed by atoms with Gasteiger partial charge in [0, 0.05) is 11.4 Å². The van der Waals surface area contributed by atoms with Crippen molar-refractivity contribution in [1.82, 2.24) is 0 Å². The van der Waals surface area contributed by atoms with Gasteiger partial charge in [0.2, 0.25) is 1.66 Å². The molecule has 0 amide bonds. The Morgan fingerprint density at radius 1 is 1.47 bits per heavy atom. The van der Waals surface area contributed by atoms with Gasteiger partial charge in [-0.25, -0.2) is 8.42 Å². The minimum atomic E-state index is -3.43. The number of rotatable bonds is 4. The van der Waals surface area contributed by atoms with Crippen molar-refractivity contribution in [2.24, 2.45) is 0 Å². The first-order chi connectivity index (χ1) is 7.72. The maximum atomic E-state index is 11.9. The number of benzene rings is 1. The summed E-state index contributed by atoms with van der Waals surface area (Å²) in [5.74, 6) is -0.0484. The van der Waals surface area contributed by atoms with E-state index in [0.717, 1.165) is 0 Å². The van der Waals surface area contributed by atoms with E-state index in [0.29, 0.717) is 11.3 Å². The Bertz CT molecular complexity index is 487. The van der Waals surface area contributed by atoms with E-state index in [1.165, 1.54) is 0 Å². The van der Waals surface area contributed by atoms with Gasteiger partial charge in [-0.15, -0.1) is 0 Å². The zero-order chi connectivity index (χ0) is 13.3. The Labute approximate surface area is 123 Å². The lowest BCUT2D eigenvalue weighted by Crippen LogP contribution is -2.33. The lowest BCUT2D eigenvalue weighted by atomic mass is 10.1. The van der Waals surface area contributed by atoms with Crippen molar-refractivity contribution < 1.29 is 13.5 Å². The number of nitrogens with two attached hydrogens (primary N) is 1. The van der Waals surface area contributed by atoms with Gasteiger partial charge in [-0.1, -0.05) is 35.0 Å². The molecule has 4 nitrogen and oxygen atoms in total. The molecular formula is C10H13BrINO3S. The number of nitrogen functional groups attached to an aromatic ring is 1. The molecule has 7 heteroatoms. The summed E-state index contributed by atoms with van der Waals surface area (Å²) in [6.45, 7) is 1.54. The SMILES string of the molecule is CCS(=O)(=O)[C@](Br)(I)[C@@H](O)c1ccc(N)cc1. The first kappa shape index (κ1) is 15.2. The molecule has 0 saturated heterocycles. The van der Waals surface area contributed by atoms with Gasteiger partial charge in [0.1, 0.15) is 6.10 Å². The highest BCUT2D eigenvalue weighted by atomic mass is 127. The summed E-state index contributed by atoms with van der Waals surface area (Å²) in [6.07, 6.45) is -1.16. The number of aliphatic hydroxyl groups is 1. The summed E-state index contributed by atoms with van der Waals surface area (Å²) in [7, 11) is -3.43. The Morgan fingerprint density at radius 2 is 1.94 bits per heavy atom. The van der Waals surface area contributed by atoms with Crippen molar-refractivity contribution in [2.75, 3.05) is 11.5 Å². The second kappa shape index (κ2) is 5.41. The van der Waals surface area contributed by atoms with E-state index in [2.05, 4.69) is 15.9 Å². The van der Waals surface area contributed by atoms with Crippen LogP contribution in [0.2, 0.25) is 0 Å². The van der Waals surface area contributed by atoms with Crippen molar-refractivity contribution >= 4 is 54.0 Å². The monoisotopic (exact) mass is 433 g/mol. The summed E-state index contributed by atoms with van der Waals surface area (Å²) in [5.41, 5.74) is 6.60. The predicted octanol–water partition coefficient (Wildman–Crippen LogP) is 2.22. The van der Waals surface area contributed by atoms with Crippen LogP contribution in [0.25, 0.3) is 0 Å². The fraction of sp³-hybridized carbons (Fsp3) is 0.400. The van der Waals surface area contributed by atoms with Crippen LogP contribution in [0, 0.1) is 0 Å². The van der Waals surface area contributed by atoms with Crippen LogP contribution in [0.15, 0.2) is 24.3 Å². The van der Waals surface area contributed by atoms with Gasteiger partial charge in [0.25, 0.3) is 0 Å². The van der Waals surface area contributed by atoms with E-state index in [1.807, 2.05) is 0 Å². The second-order valence-electron chi connectivity index (χ2n) is 3.53. The van der Waals surface area contributed by atoms with Gasteiger partial charge in [-0.2, -0.15) is 0 Å². The van der Waals surface area contributed by atoms with E-state index in [-0.39, 0.29) is 5.75 Å². The van der Waals surface area contributed by atoms with Crippen molar-refractivity contribution in [3.63, 3.8) is 0 Å². The van der Waals surface area contributed by atoms with Gasteiger partial charge in [0.15, 0.2) is 9.84 Å². The topological polar surface area (TPSA) is 80.4 Å². The van der Waals surface area contributed by atoms with E-state index in [9.17, 15) is 13.5 Å². The number of hydrogen-bond acceptors (Lipinski definition) is 4. The number of hydrogen-bond donors (Lipinski definition) is 2. The minimum Gasteiger partial charge on any atom is -0.399 e. The lowest BCUT2D eigenvalue weighted by molar-refractivity contribution is 0.191. The zero-order valence-corrected chi connectivity index (χ0v) is 13.7. The third-order valence-electron chi connectivity index (χ3n) is 2.37. The van der Waals surface area contributed by atoms with Crippen LogP contribution >= 0.6 is 38.5 Å². The molecule has 1 rings (SSSR count). The molecule has 1 aromatic rings. The Balaban J connectivity index is 3.12. The fourth-order valence-electron chi connectivity index (χ4n) is 1.23. The number of aliphatic hydroxyl groups excluding tert-OH is 1. The van der Waals surface area contributed by atoms with Crippen LogP contribution in [-0.4, -0.2) is 20.9 Å². The molecule has 0 radical (unpaired) electrons. The molecule has 0 fully saturated rings. The quantitative estimate of drug-likeness (QED) is 0.433. The molecule has 0 saturated carbocycles. The van der Waals surface area contributed by atoms with Crippen molar-refractivity contribution in [1.29, 1.82) is 0 Å². The maximum absolute atomic E-state index is 11.9. The molecule has 96 valence electrons. The third-order valence-corrected chi connectivity index (χ3v) is 8.69. The molecule has 1 aromatic carbocycles. The number of halogens is 2. The second-order valence-corrected chi connectivity index (χ2v) is 11.7. The number of anilines is 1. The summed E-state index contributed by atoms with van der Waals surface area (Å²) in [5, 5.41) is 10.1. The zero-order valence-electron chi connectivity index (χ0n) is 9.10. The molecule has 17 heavy (non-hydrogen) atoms. The molecule has 0 heterocycles. The summed E-state index contributed by atoms with van der Waals surface area (Å²) >= 11 is 4.81. The van der Waals surface area contributed by atoms with Crippen LogP contribution in [0.5, 0.6) is 0 Å². The standard InChI is InChI=1S/C10H13BrINO3S/c1-2-17(15,16)10(11,12)9(14)7-3-5-8(13)6-4-7/h3-6,9,14H,2,13H2,1H3/t9-,10+/m0/s1. The molecule has 0 aliphatic rings. The highest BCUT2D eigenvalue weighted by Crippen LogP contribution is 2.45. The Morgan fingerprint density at radius 3 is 2.35 bits per heavy atom. The molecular weight excluding hydrogens is 421 g/mol. The molecule has 2 atom stereocenters. The molecule has 0 aliphatic heterocycles. The maximum Gasteiger partial charge on any atom is 0.207 e. The summed E-state index contributed by atoms with van der Waals surface area (Å²) in [6, 6.07) is 6.47. The molecule has 0 spiro atoms. The largest absolute Gasteiger partial charge is 0.399 e. The first-order valence-corrected chi connectivity index (χ1v) is 8.38. The van der Waals surface area contributed by atoms with Gasteiger partial charge in [-0.3, -0.25) is 0 Å². The third kappa shape index (κ3) is 3.12. The van der Waals surface area contributed by atoms with E-state index >= 15 is 0 Å². The van der Waals surface area contributed by atoms with Crippen LogP contribution < -0.4 is 5.73 Å². The van der Waals surface area contributed by atoms with Crippen LogP contribution in [-0.2, 0) is 9.84 Å². The van der Waals surface area contributed by atoms with Crippen molar-refractivity contribution in [2.45, 2.75) is 14.7 Å². The van der Waals surface area contributed by atoms with Crippen LogP contribution in [0.4, 0.5) is 5.69 Å². The smallest absolute Gasteiger partial charge is 0.207 e. The highest BCUT2D eigenvalue weighted by molar-refractivity contribution is 14.1. The van der Waals surface area contributed by atoms with Gasteiger partial charge in [0.05, 0.1) is 0 Å². The van der Waals surface area contributed by atoms with E-state index in [1.54, 1.807) is 53.8 Å². The van der Waals surface area contributed by atoms with Crippen LogP contribution in [0.3, 0.4) is 0 Å². The average molecular weight is 434 g/mol. The normalized spacial score (nSPS) is 17.4. The number of sulfone groups is 1. The minimum absolute atomic E-state index is 0.0484. The predicted molar refractivity (Wildman–Crippen MR) is 81.0 cm³/mol. The van der Waals surface area contributed by atoms with Crippen molar-refractivity contribution in [3.05, 3.63) is 29.8 Å². The van der Waals surface area contributed by atoms with Gasteiger partial charge < -0.3 is 10.8 Å². The fourth-order valence-corrected chi connectivity index (χ4v) is 4.34. The Kier molecular flexibility index (Phi) is 4.84. The summed E-state index contributed by atoms with van der Waals surface area (Å²) < 4.78 is 22.3. The van der Waals surface area contributed by atoms with E-state index in [4.69, 9.17) is 5.73 Å². The molecule has 0 aromatic heterocycles. The van der Waals surface area contributed by atoms with Gasteiger partial charge >= 0.3 is 0 Å². The van der Waals surface area contributed by atoms with Crippen LogP contribution in [0.1, 0.15) is 18.6 Å². The average Bonchev–Trinajstić information content (AvgIpc) is 2.28. The first-order valence-electron chi connectivity index (χ1n) is 4.86. The lowest BCUT2D eigenvalue weighted by Gasteiger charge is -2.26. The number of alkyl halides is 2. The van der Waals surface area contributed by atoms with E-state index < -0.39 is 17.6 Å². The van der Waals surface area contributed by atoms with Crippen molar-refractivity contribution in [3.8, 4) is 0 Å². The molecule has 0 aliphatic carbocycles. The molecule has 0 unspecified atom stereocenters. The Hall–Kier alpha value is 0.140. The highest BCUT2D eigenvalue weighted by Gasteiger charge is 2.44. The summed E-state index contributed by atoms with van der Waals surface area (Å²) in [4.78, 5) is 0. The molecule has 0 bridgehead atoms. The van der Waals surface area contributed by atoms with Gasteiger partial charge in [-0.05, 0) is 40.3 Å². The molecule has 3 N–H and O–H groups in total.